The Labute approximate surface area is 158 Å². The SMILES string of the molecule is COCCOC(=O)C1=C(C)N(C)C(=S)NC1c1ccc(NC(C)=O)cc1. The fraction of sp³-hybridized carbons (Fsp3) is 0.389. The van der Waals surface area contributed by atoms with Crippen LogP contribution >= 0.6 is 12.2 Å². The number of allylic oxidation sites excluding steroid dienone is 1. The molecule has 1 aliphatic rings. The summed E-state index contributed by atoms with van der Waals surface area (Å²) >= 11 is 5.36. The minimum atomic E-state index is -0.430. The van der Waals surface area contributed by atoms with E-state index in [0.29, 0.717) is 23.0 Å². The first-order valence-electron chi connectivity index (χ1n) is 8.13. The van der Waals surface area contributed by atoms with Gasteiger partial charge in [-0.25, -0.2) is 4.79 Å². The lowest BCUT2D eigenvalue weighted by Crippen LogP contribution is -2.46. The van der Waals surface area contributed by atoms with E-state index in [1.54, 1.807) is 31.2 Å². The minimum absolute atomic E-state index is 0.144. The van der Waals surface area contributed by atoms with Crippen LogP contribution in [0.1, 0.15) is 25.5 Å². The predicted molar refractivity (Wildman–Crippen MR) is 103 cm³/mol. The van der Waals surface area contributed by atoms with E-state index in [0.717, 1.165) is 11.3 Å². The predicted octanol–water partition coefficient (Wildman–Crippen LogP) is 1.97. The molecule has 7 nitrogen and oxygen atoms in total. The van der Waals surface area contributed by atoms with Crippen LogP contribution in [0, 0.1) is 0 Å². The highest BCUT2D eigenvalue weighted by Crippen LogP contribution is 2.31. The Morgan fingerprint density at radius 3 is 2.50 bits per heavy atom. The second-order valence-corrected chi connectivity index (χ2v) is 6.26. The number of anilines is 1. The fourth-order valence-corrected chi connectivity index (χ4v) is 2.86. The molecule has 0 bridgehead atoms. The normalized spacial score (nSPS) is 17.0. The van der Waals surface area contributed by atoms with E-state index in [-0.39, 0.29) is 12.5 Å². The number of thiocarbonyl (C=S) groups is 1. The molecule has 2 N–H and O–H groups in total. The number of amides is 1. The number of ether oxygens (including phenoxy) is 2. The van der Waals surface area contributed by atoms with Gasteiger partial charge >= 0.3 is 5.97 Å². The van der Waals surface area contributed by atoms with E-state index < -0.39 is 12.0 Å². The lowest BCUT2D eigenvalue weighted by atomic mass is 9.95. The molecular formula is C18H23N3O4S. The third-order valence-electron chi connectivity index (χ3n) is 4.06. The Kier molecular flexibility index (Phi) is 6.70. The average molecular weight is 377 g/mol. The summed E-state index contributed by atoms with van der Waals surface area (Å²) in [6, 6.07) is 6.81. The van der Waals surface area contributed by atoms with Gasteiger partial charge < -0.3 is 25.0 Å². The van der Waals surface area contributed by atoms with Gasteiger partial charge in [0.25, 0.3) is 0 Å². The molecule has 1 aromatic carbocycles. The van der Waals surface area contributed by atoms with Crippen molar-refractivity contribution in [3.05, 3.63) is 41.1 Å². The number of carbonyl (C=O) groups is 2. The highest BCUT2D eigenvalue weighted by atomic mass is 32.1. The van der Waals surface area contributed by atoms with Crippen molar-refractivity contribution in [3.8, 4) is 0 Å². The molecule has 1 aliphatic heterocycles. The van der Waals surface area contributed by atoms with E-state index >= 15 is 0 Å². The third-order valence-corrected chi connectivity index (χ3v) is 4.45. The van der Waals surface area contributed by atoms with Crippen molar-refractivity contribution < 1.29 is 19.1 Å². The highest BCUT2D eigenvalue weighted by molar-refractivity contribution is 7.80. The molecule has 0 aliphatic carbocycles. The molecule has 1 atom stereocenters. The van der Waals surface area contributed by atoms with Crippen LogP contribution in [0.2, 0.25) is 0 Å². The number of esters is 1. The van der Waals surface area contributed by atoms with E-state index in [9.17, 15) is 9.59 Å². The summed E-state index contributed by atoms with van der Waals surface area (Å²) in [7, 11) is 3.34. The van der Waals surface area contributed by atoms with Crippen LogP contribution in [0.25, 0.3) is 0 Å². The molecule has 1 aromatic rings. The molecule has 0 radical (unpaired) electrons. The van der Waals surface area contributed by atoms with Crippen molar-refractivity contribution in [2.24, 2.45) is 0 Å². The minimum Gasteiger partial charge on any atom is -0.460 e. The van der Waals surface area contributed by atoms with Gasteiger partial charge in [0.15, 0.2) is 5.11 Å². The Hall–Kier alpha value is -2.45. The summed E-state index contributed by atoms with van der Waals surface area (Å²) in [5.41, 5.74) is 2.74. The van der Waals surface area contributed by atoms with Crippen LogP contribution in [-0.2, 0) is 19.1 Å². The number of nitrogens with one attached hydrogen (secondary N) is 2. The number of rotatable bonds is 6. The average Bonchev–Trinajstić information content (AvgIpc) is 2.59. The van der Waals surface area contributed by atoms with Gasteiger partial charge in [0.1, 0.15) is 6.61 Å². The van der Waals surface area contributed by atoms with E-state index in [2.05, 4.69) is 10.6 Å². The first-order chi connectivity index (χ1) is 12.3. The second kappa shape index (κ2) is 8.77. The summed E-state index contributed by atoms with van der Waals surface area (Å²) in [6.45, 7) is 3.79. The lowest BCUT2D eigenvalue weighted by molar-refractivity contribution is -0.140. The number of nitrogens with zero attached hydrogens (tertiary/aromatic N) is 1. The first kappa shape index (κ1) is 19.9. The maximum Gasteiger partial charge on any atom is 0.338 e. The number of carbonyl (C=O) groups excluding carboxylic acids is 2. The molecule has 26 heavy (non-hydrogen) atoms. The molecule has 0 fully saturated rings. The van der Waals surface area contributed by atoms with Crippen LogP contribution in [0.4, 0.5) is 5.69 Å². The molecule has 0 spiro atoms. The van der Waals surface area contributed by atoms with Crippen LogP contribution in [0.5, 0.6) is 0 Å². The monoisotopic (exact) mass is 377 g/mol. The topological polar surface area (TPSA) is 79.9 Å². The molecule has 8 heteroatoms. The van der Waals surface area contributed by atoms with Gasteiger partial charge in [0, 0.05) is 32.5 Å². The number of hydrogen-bond donors (Lipinski definition) is 2. The molecule has 0 saturated heterocycles. The van der Waals surface area contributed by atoms with Crippen molar-refractivity contribution in [2.45, 2.75) is 19.9 Å². The molecular weight excluding hydrogens is 354 g/mol. The van der Waals surface area contributed by atoms with E-state index in [4.69, 9.17) is 21.7 Å². The van der Waals surface area contributed by atoms with E-state index in [1.807, 2.05) is 19.1 Å². The van der Waals surface area contributed by atoms with Crippen LogP contribution < -0.4 is 10.6 Å². The van der Waals surface area contributed by atoms with Crippen molar-refractivity contribution in [1.82, 2.24) is 10.2 Å². The summed E-state index contributed by atoms with van der Waals surface area (Å²) in [5, 5.41) is 6.41. The molecule has 140 valence electrons. The Bertz CT molecular complexity index is 730. The fourth-order valence-electron chi connectivity index (χ4n) is 2.61. The smallest absolute Gasteiger partial charge is 0.338 e. The lowest BCUT2D eigenvalue weighted by Gasteiger charge is -2.35. The Morgan fingerprint density at radius 2 is 1.92 bits per heavy atom. The van der Waals surface area contributed by atoms with Crippen molar-refractivity contribution in [2.75, 3.05) is 32.7 Å². The third kappa shape index (κ3) is 4.59. The van der Waals surface area contributed by atoms with Crippen LogP contribution in [0.15, 0.2) is 35.5 Å². The van der Waals surface area contributed by atoms with Crippen LogP contribution in [0.3, 0.4) is 0 Å². The maximum atomic E-state index is 12.6. The standard InChI is InChI=1S/C18H23N3O4S/c1-11-15(17(23)25-10-9-24-4)16(20-18(26)21(11)3)13-5-7-14(8-6-13)19-12(2)22/h5-8,16H,9-10H2,1-4H3,(H,19,22)(H,20,26). The molecule has 2 rings (SSSR count). The Balaban J connectivity index is 2.32. The molecule has 1 unspecified atom stereocenters. The summed E-state index contributed by atoms with van der Waals surface area (Å²) in [5.74, 6) is -0.563. The molecule has 0 saturated carbocycles. The molecule has 1 amide bonds. The number of hydrogen-bond acceptors (Lipinski definition) is 5. The Morgan fingerprint density at radius 1 is 1.27 bits per heavy atom. The largest absolute Gasteiger partial charge is 0.460 e. The zero-order valence-corrected chi connectivity index (χ0v) is 16.1. The van der Waals surface area contributed by atoms with Gasteiger partial charge in [0.2, 0.25) is 5.91 Å². The van der Waals surface area contributed by atoms with Gasteiger partial charge in [-0.3, -0.25) is 4.79 Å². The van der Waals surface area contributed by atoms with E-state index in [1.165, 1.54) is 6.92 Å². The van der Waals surface area contributed by atoms with Gasteiger partial charge in [-0.15, -0.1) is 0 Å². The molecule has 1 heterocycles. The van der Waals surface area contributed by atoms with Crippen molar-refractivity contribution >= 4 is 34.9 Å². The first-order valence-corrected chi connectivity index (χ1v) is 8.54. The zero-order chi connectivity index (χ0) is 19.3. The summed E-state index contributed by atoms with van der Waals surface area (Å²) in [4.78, 5) is 25.5. The number of methoxy groups -OCH3 is 1. The molecule has 0 aromatic heterocycles. The van der Waals surface area contributed by atoms with Crippen molar-refractivity contribution in [3.63, 3.8) is 0 Å². The van der Waals surface area contributed by atoms with Gasteiger partial charge in [0.05, 0.1) is 18.2 Å². The van der Waals surface area contributed by atoms with Gasteiger partial charge in [-0.1, -0.05) is 12.1 Å². The van der Waals surface area contributed by atoms with Crippen molar-refractivity contribution in [1.29, 1.82) is 0 Å². The number of benzene rings is 1. The summed E-state index contributed by atoms with van der Waals surface area (Å²) in [6.07, 6.45) is 0. The van der Waals surface area contributed by atoms with Gasteiger partial charge in [-0.2, -0.15) is 0 Å². The maximum absolute atomic E-state index is 12.6. The highest BCUT2D eigenvalue weighted by Gasteiger charge is 2.33. The zero-order valence-electron chi connectivity index (χ0n) is 15.3. The quantitative estimate of drug-likeness (QED) is 0.446. The second-order valence-electron chi connectivity index (χ2n) is 5.87. The van der Waals surface area contributed by atoms with Crippen LogP contribution in [-0.4, -0.2) is 49.3 Å². The summed E-state index contributed by atoms with van der Waals surface area (Å²) < 4.78 is 10.2. The van der Waals surface area contributed by atoms with Gasteiger partial charge in [-0.05, 0) is 36.8 Å².